The van der Waals surface area contributed by atoms with Crippen LogP contribution >= 0.6 is 39.5 Å². The van der Waals surface area contributed by atoms with E-state index in [4.69, 9.17) is 20.5 Å². The van der Waals surface area contributed by atoms with Gasteiger partial charge in [0, 0.05) is 0 Å². The van der Waals surface area contributed by atoms with Crippen LogP contribution in [0.1, 0.15) is 0 Å². The van der Waals surface area contributed by atoms with Crippen molar-refractivity contribution in [2.45, 2.75) is 0 Å². The van der Waals surface area contributed by atoms with Crippen molar-refractivity contribution >= 4 is 45.1 Å². The fourth-order valence-corrected chi connectivity index (χ4v) is 1.85. The number of nitrogens with zero attached hydrogens (tertiary/aromatic N) is 1. The summed E-state index contributed by atoms with van der Waals surface area (Å²) >= 11 is 3.93. The van der Waals surface area contributed by atoms with Gasteiger partial charge in [-0.3, -0.25) is 0 Å². The van der Waals surface area contributed by atoms with E-state index in [0.29, 0.717) is 0 Å². The van der Waals surface area contributed by atoms with Crippen LogP contribution in [0.2, 0.25) is 0 Å². The number of rotatable bonds is 4. The van der Waals surface area contributed by atoms with Gasteiger partial charge in [-0.2, -0.15) is 0 Å². The molecule has 0 saturated heterocycles. The topological polar surface area (TPSA) is 24.4 Å². The number of nitrogens with one attached hydrogen (secondary N) is 1. The molecular weight excluding hydrogens is 274 g/mol. The number of alkyl halides is 1. The molecule has 0 unspecified atom stereocenters. The summed E-state index contributed by atoms with van der Waals surface area (Å²) in [6.45, 7) is 1.56. The van der Waals surface area contributed by atoms with E-state index in [1.165, 1.54) is 5.67 Å². The first kappa shape index (κ1) is 9.94. The molecule has 0 radical (unpaired) electrons. The Morgan fingerprint density at radius 1 is 1.78 bits per heavy atom. The monoisotopic (exact) mass is 282 g/mol. The van der Waals surface area contributed by atoms with E-state index in [9.17, 15) is 0 Å². The molecule has 0 aliphatic heterocycles. The minimum absolute atomic E-state index is 0.720. The van der Waals surface area contributed by atoms with Gasteiger partial charge in [-0.05, 0) is 0 Å². The molecule has 0 amide bonds. The van der Waals surface area contributed by atoms with Gasteiger partial charge in [-0.25, -0.2) is 0 Å². The zero-order chi connectivity index (χ0) is 7.11. The number of hydrogen-bond acceptors (Lipinski definition) is 2. The number of aliphatic imine (C=N–C) groups is 1. The molecule has 5 heteroatoms. The fourth-order valence-electron chi connectivity index (χ4n) is 0.286. The van der Waals surface area contributed by atoms with Gasteiger partial charge in [0.15, 0.2) is 0 Å². The molecule has 0 aromatic rings. The molecule has 0 atom stereocenters. The van der Waals surface area contributed by atoms with Gasteiger partial charge >= 0.3 is 71.7 Å². The molecule has 2 nitrogen and oxygen atoms in total. The normalized spacial score (nSPS) is 12.6. The van der Waals surface area contributed by atoms with Gasteiger partial charge in [0.25, 0.3) is 0 Å². The molecule has 0 aliphatic rings. The quantitative estimate of drug-likeness (QED) is 0.276. The van der Waals surface area contributed by atoms with Gasteiger partial charge in [-0.1, -0.05) is 0 Å². The Balaban J connectivity index is 2.91. The zero-order valence-corrected chi connectivity index (χ0v) is 8.74. The summed E-state index contributed by atoms with van der Waals surface area (Å²) in [5.41, 5.74) is 1.28. The van der Waals surface area contributed by atoms with Crippen LogP contribution in [0.5, 0.6) is 0 Å². The van der Waals surface area contributed by atoms with Crippen LogP contribution in [0.15, 0.2) is 4.99 Å². The van der Waals surface area contributed by atoms with E-state index < -0.39 is 19.0 Å². The second-order valence-corrected chi connectivity index (χ2v) is 7.43. The third kappa shape index (κ3) is 8.94. The maximum atomic E-state index is 5.72. The molecule has 9 heavy (non-hydrogen) atoms. The van der Waals surface area contributed by atoms with Gasteiger partial charge in [-0.15, -0.1) is 0 Å². The molecule has 0 rings (SSSR count). The van der Waals surface area contributed by atoms with E-state index in [1.807, 2.05) is 4.93 Å². The summed E-state index contributed by atoms with van der Waals surface area (Å²) in [6, 6.07) is 0. The van der Waals surface area contributed by atoms with E-state index >= 15 is 0 Å². The average Bonchev–Trinajstić information content (AvgIpc) is 1.80. The van der Waals surface area contributed by atoms with Crippen molar-refractivity contribution in [2.24, 2.45) is 4.99 Å². The molecule has 0 aromatic heterocycles. The molecule has 1 N–H and O–H groups in total. The summed E-state index contributed by atoms with van der Waals surface area (Å²) in [6.07, 6.45) is 0. The molecule has 0 fully saturated rings. The van der Waals surface area contributed by atoms with Crippen molar-refractivity contribution in [2.75, 3.05) is 18.0 Å². The molecule has 0 saturated carbocycles. The summed E-state index contributed by atoms with van der Waals surface area (Å²) in [5.74, 6) is 0. The van der Waals surface area contributed by atoms with Crippen molar-refractivity contribution in [1.29, 1.82) is 0 Å². The first-order valence-corrected chi connectivity index (χ1v) is 8.76. The van der Waals surface area contributed by atoms with Crippen LogP contribution in [-0.2, 0) is 0 Å². The van der Waals surface area contributed by atoms with Crippen molar-refractivity contribution in [3.8, 4) is 0 Å². The van der Waals surface area contributed by atoms with Crippen LogP contribution in [0.3, 0.4) is 0 Å². The van der Waals surface area contributed by atoms with Crippen molar-refractivity contribution in [3.63, 3.8) is 0 Å². The van der Waals surface area contributed by atoms with E-state index in [-0.39, 0.29) is 0 Å². The predicted octanol–water partition coefficient (Wildman–Crippen LogP) is 2.05. The first-order chi connectivity index (χ1) is 4.27. The minimum atomic E-state index is -1.25. The Morgan fingerprint density at radius 2 is 2.44 bits per heavy atom. The van der Waals surface area contributed by atoms with Crippen molar-refractivity contribution in [3.05, 3.63) is 0 Å². The summed E-state index contributed by atoms with van der Waals surface area (Å²) in [5, 5.41) is 0. The summed E-state index contributed by atoms with van der Waals surface area (Å²) in [7, 11) is 5.72. The SMILES string of the molecule is CI(Cl)NCCN=CCl. The first-order valence-electron chi connectivity index (χ1n) is 2.36. The van der Waals surface area contributed by atoms with Gasteiger partial charge < -0.3 is 0 Å². The van der Waals surface area contributed by atoms with Gasteiger partial charge in [0.2, 0.25) is 0 Å². The number of hydrogen-bond donors (Lipinski definition) is 1. The Bertz CT molecular complexity index is 86.6. The predicted molar refractivity (Wildman–Crippen MR) is 53.0 cm³/mol. The Kier molecular flexibility index (Phi) is 7.79. The van der Waals surface area contributed by atoms with Crippen molar-refractivity contribution < 1.29 is 0 Å². The average molecular weight is 283 g/mol. The maximum absolute atomic E-state index is 5.72. The molecular formula is C4H9Cl2IN2. The molecule has 0 spiro atoms. The molecule has 0 bridgehead atoms. The third-order valence-electron chi connectivity index (χ3n) is 0.589. The fraction of sp³-hybridized carbons (Fsp3) is 0.750. The molecule has 0 heterocycles. The number of halogens is 3. The zero-order valence-electron chi connectivity index (χ0n) is 5.07. The van der Waals surface area contributed by atoms with Gasteiger partial charge in [0.1, 0.15) is 0 Å². The molecule has 0 aromatic carbocycles. The Morgan fingerprint density at radius 3 is 2.89 bits per heavy atom. The van der Waals surface area contributed by atoms with Crippen molar-refractivity contribution in [1.82, 2.24) is 3.53 Å². The van der Waals surface area contributed by atoms with Crippen LogP contribution < -0.4 is 3.53 Å². The third-order valence-corrected chi connectivity index (χ3v) is 2.99. The van der Waals surface area contributed by atoms with Crippen LogP contribution in [0.4, 0.5) is 0 Å². The van der Waals surface area contributed by atoms with E-state index in [0.717, 1.165) is 13.1 Å². The van der Waals surface area contributed by atoms with E-state index in [2.05, 4.69) is 8.52 Å². The van der Waals surface area contributed by atoms with Gasteiger partial charge in [0.05, 0.1) is 0 Å². The Hall–Kier alpha value is 0.940. The summed E-state index contributed by atoms with van der Waals surface area (Å²) < 4.78 is 3.13. The van der Waals surface area contributed by atoms with E-state index in [1.54, 1.807) is 0 Å². The molecule has 56 valence electrons. The van der Waals surface area contributed by atoms with Crippen LogP contribution in [-0.4, -0.2) is 23.7 Å². The molecule has 0 aliphatic carbocycles. The van der Waals surface area contributed by atoms with Crippen LogP contribution in [0, 0.1) is 0 Å². The van der Waals surface area contributed by atoms with Crippen LogP contribution in [0.25, 0.3) is 0 Å². The second-order valence-electron chi connectivity index (χ2n) is 1.29. The standard InChI is InChI=1S/C4H9Cl2IN2/c1-7(6)9-3-2-8-4-5/h4,9H,2-3H2,1H3. The Labute approximate surface area is 71.5 Å². The summed E-state index contributed by atoms with van der Waals surface area (Å²) in [4.78, 5) is 5.81. The second kappa shape index (κ2) is 7.05.